The number of carbonyl (C=O) groups excluding carboxylic acids is 1. The Morgan fingerprint density at radius 1 is 1.32 bits per heavy atom. The van der Waals surface area contributed by atoms with Gasteiger partial charge in [0.1, 0.15) is 5.82 Å². The number of aromatic amines is 1. The minimum Gasteiger partial charge on any atom is -0.348 e. The molecule has 4 rings (SSSR count). The highest BCUT2D eigenvalue weighted by Crippen LogP contribution is 2.25. The molecule has 1 unspecified atom stereocenters. The lowest BCUT2D eigenvalue weighted by molar-refractivity contribution is 0.0705. The van der Waals surface area contributed by atoms with E-state index in [-0.39, 0.29) is 17.4 Å². The maximum Gasteiger partial charge on any atom is 0.260 e. The number of nitrogens with one attached hydrogen (secondary N) is 1. The van der Waals surface area contributed by atoms with Gasteiger partial charge in [0.15, 0.2) is 0 Å². The number of hydrogen-bond acceptors (Lipinski definition) is 4. The molecule has 0 aliphatic carbocycles. The molecule has 25 heavy (non-hydrogen) atoms. The smallest absolute Gasteiger partial charge is 0.260 e. The number of carbonyl (C=O) groups is 1. The molecule has 1 atom stereocenters. The van der Waals surface area contributed by atoms with Crippen molar-refractivity contribution in [2.75, 3.05) is 13.1 Å². The topological polar surface area (TPSA) is 83.9 Å². The maximum absolute atomic E-state index is 12.9. The Morgan fingerprint density at radius 3 is 3.00 bits per heavy atom. The fourth-order valence-electron chi connectivity index (χ4n) is 3.41. The highest BCUT2D eigenvalue weighted by atomic mass is 16.2. The Kier molecular flexibility index (Phi) is 3.83. The second kappa shape index (κ2) is 6.16. The first-order valence-electron chi connectivity index (χ1n) is 8.37. The van der Waals surface area contributed by atoms with Crippen LogP contribution in [0.25, 0.3) is 10.9 Å². The van der Waals surface area contributed by atoms with Gasteiger partial charge in [-0.05, 0) is 31.0 Å². The van der Waals surface area contributed by atoms with Gasteiger partial charge in [0.25, 0.3) is 11.5 Å². The van der Waals surface area contributed by atoms with E-state index < -0.39 is 0 Å². The van der Waals surface area contributed by atoms with E-state index in [1.54, 1.807) is 31.4 Å². The number of imidazole rings is 1. The van der Waals surface area contributed by atoms with Crippen LogP contribution in [0, 0.1) is 0 Å². The van der Waals surface area contributed by atoms with Gasteiger partial charge in [-0.25, -0.2) is 9.97 Å². The fourth-order valence-corrected chi connectivity index (χ4v) is 3.41. The van der Waals surface area contributed by atoms with Crippen molar-refractivity contribution in [3.05, 3.63) is 58.7 Å². The normalized spacial score (nSPS) is 17.8. The summed E-state index contributed by atoms with van der Waals surface area (Å²) in [7, 11) is 1.66. The van der Waals surface area contributed by atoms with Crippen LogP contribution in [0.4, 0.5) is 0 Å². The quantitative estimate of drug-likeness (QED) is 0.771. The number of benzene rings is 1. The molecule has 1 saturated heterocycles. The van der Waals surface area contributed by atoms with Crippen LogP contribution in [0.1, 0.15) is 34.9 Å². The SMILES string of the molecule is Cn1cnc2cc(C(=O)N3CCCC(c4ncc[nH]4)C3)ccc2c1=O. The molecule has 128 valence electrons. The molecule has 1 aliphatic heterocycles. The van der Waals surface area contributed by atoms with Gasteiger partial charge >= 0.3 is 0 Å². The highest BCUT2D eigenvalue weighted by Gasteiger charge is 2.27. The number of amides is 1. The molecule has 7 nitrogen and oxygen atoms in total. The van der Waals surface area contributed by atoms with Gasteiger partial charge in [0, 0.05) is 44.0 Å². The monoisotopic (exact) mass is 337 g/mol. The predicted molar refractivity (Wildman–Crippen MR) is 93.5 cm³/mol. The number of nitrogens with zero attached hydrogens (tertiary/aromatic N) is 4. The van der Waals surface area contributed by atoms with Crippen LogP contribution in [0.15, 0.2) is 41.7 Å². The zero-order valence-corrected chi connectivity index (χ0v) is 14.0. The third kappa shape index (κ3) is 2.82. The minimum atomic E-state index is -0.111. The zero-order valence-electron chi connectivity index (χ0n) is 14.0. The summed E-state index contributed by atoms with van der Waals surface area (Å²) in [5.74, 6) is 1.14. The summed E-state index contributed by atoms with van der Waals surface area (Å²) in [6, 6.07) is 5.10. The second-order valence-electron chi connectivity index (χ2n) is 6.46. The lowest BCUT2D eigenvalue weighted by atomic mass is 9.96. The van der Waals surface area contributed by atoms with Crippen molar-refractivity contribution in [1.82, 2.24) is 24.4 Å². The van der Waals surface area contributed by atoms with Gasteiger partial charge in [-0.3, -0.25) is 9.59 Å². The van der Waals surface area contributed by atoms with Crippen LogP contribution >= 0.6 is 0 Å². The lowest BCUT2D eigenvalue weighted by Crippen LogP contribution is -2.39. The Hall–Kier alpha value is -2.96. The number of hydrogen-bond donors (Lipinski definition) is 1. The molecular weight excluding hydrogens is 318 g/mol. The van der Waals surface area contributed by atoms with Crippen LogP contribution in [0.2, 0.25) is 0 Å². The number of rotatable bonds is 2. The summed E-state index contributed by atoms with van der Waals surface area (Å²) in [5.41, 5.74) is 1.00. The molecule has 7 heteroatoms. The molecule has 0 bridgehead atoms. The molecular formula is C18H19N5O2. The molecule has 1 N–H and O–H groups in total. The van der Waals surface area contributed by atoms with Crippen molar-refractivity contribution in [2.45, 2.75) is 18.8 Å². The van der Waals surface area contributed by atoms with Crippen molar-refractivity contribution in [3.63, 3.8) is 0 Å². The zero-order chi connectivity index (χ0) is 17.4. The van der Waals surface area contributed by atoms with Gasteiger partial charge in [0.2, 0.25) is 0 Å². The molecule has 1 aliphatic rings. The number of aryl methyl sites for hydroxylation is 1. The second-order valence-corrected chi connectivity index (χ2v) is 6.46. The highest BCUT2D eigenvalue weighted by molar-refractivity contribution is 5.97. The van der Waals surface area contributed by atoms with Gasteiger partial charge in [-0.1, -0.05) is 0 Å². The Bertz CT molecular complexity index is 977. The van der Waals surface area contributed by atoms with E-state index >= 15 is 0 Å². The largest absolute Gasteiger partial charge is 0.348 e. The first kappa shape index (κ1) is 15.6. The van der Waals surface area contributed by atoms with Gasteiger partial charge in [-0.2, -0.15) is 0 Å². The summed E-state index contributed by atoms with van der Waals surface area (Å²) < 4.78 is 1.43. The summed E-state index contributed by atoms with van der Waals surface area (Å²) in [4.78, 5) is 38.6. The summed E-state index contributed by atoms with van der Waals surface area (Å²) in [5, 5.41) is 0.522. The standard InChI is InChI=1S/C18H19N5O2/c1-22-11-21-15-9-12(4-5-14(15)18(22)25)17(24)23-8-2-3-13(10-23)16-19-6-7-20-16/h4-7,9,11,13H,2-3,8,10H2,1H3,(H,19,20). The molecule has 0 saturated carbocycles. The lowest BCUT2D eigenvalue weighted by Gasteiger charge is -2.32. The van der Waals surface area contributed by atoms with E-state index in [1.807, 2.05) is 11.1 Å². The van der Waals surface area contributed by atoms with Crippen molar-refractivity contribution in [2.24, 2.45) is 7.05 Å². The molecule has 0 spiro atoms. The average Bonchev–Trinajstić information content (AvgIpc) is 3.19. The van der Waals surface area contributed by atoms with E-state index in [0.29, 0.717) is 23.0 Å². The van der Waals surface area contributed by atoms with Gasteiger partial charge < -0.3 is 14.5 Å². The van der Waals surface area contributed by atoms with Crippen molar-refractivity contribution < 1.29 is 4.79 Å². The summed E-state index contributed by atoms with van der Waals surface area (Å²) in [6.45, 7) is 1.38. The average molecular weight is 337 g/mol. The van der Waals surface area contributed by atoms with Crippen LogP contribution in [0.5, 0.6) is 0 Å². The third-order valence-corrected chi connectivity index (χ3v) is 4.78. The van der Waals surface area contributed by atoms with E-state index in [0.717, 1.165) is 25.2 Å². The van der Waals surface area contributed by atoms with E-state index in [1.165, 1.54) is 10.9 Å². The van der Waals surface area contributed by atoms with Gasteiger partial charge in [0.05, 0.1) is 17.2 Å². The fraction of sp³-hybridized carbons (Fsp3) is 0.333. The van der Waals surface area contributed by atoms with Crippen LogP contribution < -0.4 is 5.56 Å². The Morgan fingerprint density at radius 2 is 2.20 bits per heavy atom. The van der Waals surface area contributed by atoms with E-state index in [2.05, 4.69) is 15.0 Å². The molecule has 3 heterocycles. The molecule has 1 fully saturated rings. The van der Waals surface area contributed by atoms with Crippen LogP contribution in [-0.4, -0.2) is 43.4 Å². The molecule has 1 amide bonds. The van der Waals surface area contributed by atoms with Crippen molar-refractivity contribution in [1.29, 1.82) is 0 Å². The Labute approximate surface area is 144 Å². The third-order valence-electron chi connectivity index (χ3n) is 4.78. The van der Waals surface area contributed by atoms with Gasteiger partial charge in [-0.15, -0.1) is 0 Å². The molecule has 3 aromatic rings. The predicted octanol–water partition coefficient (Wildman–Crippen LogP) is 1.68. The number of piperidine rings is 1. The molecule has 1 aromatic carbocycles. The van der Waals surface area contributed by atoms with Crippen molar-refractivity contribution >= 4 is 16.8 Å². The maximum atomic E-state index is 12.9. The number of H-pyrrole nitrogens is 1. The number of fused-ring (bicyclic) bond motifs is 1. The molecule has 2 aromatic heterocycles. The number of likely N-dealkylation sites (tertiary alicyclic amines) is 1. The van der Waals surface area contributed by atoms with E-state index in [9.17, 15) is 9.59 Å². The summed E-state index contributed by atoms with van der Waals surface area (Å²) >= 11 is 0. The van der Waals surface area contributed by atoms with E-state index in [4.69, 9.17) is 0 Å². The first-order chi connectivity index (χ1) is 12.1. The molecule has 0 radical (unpaired) electrons. The minimum absolute atomic E-state index is 0.0272. The number of aromatic nitrogens is 4. The first-order valence-corrected chi connectivity index (χ1v) is 8.37. The Balaban J connectivity index is 1.61. The summed E-state index contributed by atoms with van der Waals surface area (Å²) in [6.07, 6.45) is 7.00. The van der Waals surface area contributed by atoms with Crippen LogP contribution in [-0.2, 0) is 7.05 Å². The van der Waals surface area contributed by atoms with Crippen LogP contribution in [0.3, 0.4) is 0 Å². The van der Waals surface area contributed by atoms with Crippen molar-refractivity contribution in [3.8, 4) is 0 Å².